The SMILES string of the molecule is N=Cc1ccc2c(ccc3cc4c(cc32)-c2cccc3cccc-4c23)c1/C=C1\Cc2cccc3cccc1c23. The van der Waals surface area contributed by atoms with E-state index in [0.29, 0.717) is 0 Å². The van der Waals surface area contributed by atoms with E-state index in [1.165, 1.54) is 88.3 Å². The van der Waals surface area contributed by atoms with Gasteiger partial charge in [-0.15, -0.1) is 0 Å². The minimum Gasteiger partial charge on any atom is -0.308 e. The molecule has 0 saturated carbocycles. The lowest BCUT2D eigenvalue weighted by Crippen LogP contribution is -1.92. The van der Waals surface area contributed by atoms with Crippen molar-refractivity contribution < 1.29 is 0 Å². The van der Waals surface area contributed by atoms with Gasteiger partial charge < -0.3 is 5.41 Å². The van der Waals surface area contributed by atoms with Crippen LogP contribution in [0.5, 0.6) is 0 Å². The molecule has 0 fully saturated rings. The molecule has 2 aliphatic carbocycles. The molecule has 180 valence electrons. The van der Waals surface area contributed by atoms with E-state index in [0.717, 1.165) is 17.5 Å². The van der Waals surface area contributed by atoms with Gasteiger partial charge in [-0.1, -0.05) is 97.1 Å². The fourth-order valence-electron chi connectivity index (χ4n) is 7.19. The lowest BCUT2D eigenvalue weighted by atomic mass is 9.91. The molecule has 0 unspecified atom stereocenters. The summed E-state index contributed by atoms with van der Waals surface area (Å²) in [6.45, 7) is 0. The van der Waals surface area contributed by atoms with Gasteiger partial charge in [0, 0.05) is 6.21 Å². The molecule has 0 saturated heterocycles. The molecule has 39 heavy (non-hydrogen) atoms. The highest BCUT2D eigenvalue weighted by atomic mass is 14.3. The molecule has 7 aromatic rings. The Hall–Kier alpha value is -5.01. The maximum Gasteiger partial charge on any atom is 0.0256 e. The van der Waals surface area contributed by atoms with Gasteiger partial charge in [-0.3, -0.25) is 0 Å². The van der Waals surface area contributed by atoms with E-state index >= 15 is 0 Å². The summed E-state index contributed by atoms with van der Waals surface area (Å²) in [6.07, 6.45) is 4.76. The Morgan fingerprint density at radius 3 is 1.95 bits per heavy atom. The van der Waals surface area contributed by atoms with Crippen molar-refractivity contribution in [1.82, 2.24) is 0 Å². The third-order valence-corrected chi connectivity index (χ3v) is 8.91. The summed E-state index contributed by atoms with van der Waals surface area (Å²) in [4.78, 5) is 0. The number of fused-ring (bicyclic) bond motifs is 6. The predicted octanol–water partition coefficient (Wildman–Crippen LogP) is 10.0. The Morgan fingerprint density at radius 2 is 1.18 bits per heavy atom. The third kappa shape index (κ3) is 2.77. The zero-order chi connectivity index (χ0) is 25.7. The third-order valence-electron chi connectivity index (χ3n) is 8.91. The number of nitrogens with one attached hydrogen (secondary N) is 1. The monoisotopic (exact) mass is 493 g/mol. The van der Waals surface area contributed by atoms with E-state index in [1.807, 2.05) is 0 Å². The molecule has 1 heteroatoms. The maximum absolute atomic E-state index is 8.22. The van der Waals surface area contributed by atoms with Crippen molar-refractivity contribution in [2.75, 3.05) is 0 Å². The van der Waals surface area contributed by atoms with Crippen molar-refractivity contribution in [2.45, 2.75) is 6.42 Å². The van der Waals surface area contributed by atoms with Crippen LogP contribution in [0.3, 0.4) is 0 Å². The number of benzene rings is 7. The average molecular weight is 494 g/mol. The molecule has 0 amide bonds. The second kappa shape index (κ2) is 7.52. The Labute approximate surface area is 226 Å². The summed E-state index contributed by atoms with van der Waals surface area (Å²) in [5, 5.41) is 18.5. The van der Waals surface area contributed by atoms with E-state index in [1.54, 1.807) is 0 Å². The van der Waals surface area contributed by atoms with Crippen molar-refractivity contribution in [3.05, 3.63) is 131 Å². The predicted molar refractivity (Wildman–Crippen MR) is 167 cm³/mol. The summed E-state index contributed by atoms with van der Waals surface area (Å²) >= 11 is 0. The fraction of sp³-hybridized carbons (Fsp3) is 0.0263. The van der Waals surface area contributed by atoms with Crippen molar-refractivity contribution in [3.63, 3.8) is 0 Å². The smallest absolute Gasteiger partial charge is 0.0256 e. The Morgan fingerprint density at radius 1 is 0.513 bits per heavy atom. The number of rotatable bonds is 2. The average Bonchev–Trinajstić information content (AvgIpc) is 3.50. The van der Waals surface area contributed by atoms with Gasteiger partial charge in [0.25, 0.3) is 0 Å². The second-order valence-electron chi connectivity index (χ2n) is 10.9. The first kappa shape index (κ1) is 21.0. The van der Waals surface area contributed by atoms with E-state index in [9.17, 15) is 0 Å². The van der Waals surface area contributed by atoms with Gasteiger partial charge in [0.1, 0.15) is 0 Å². The highest BCUT2D eigenvalue weighted by Crippen LogP contribution is 2.49. The molecule has 0 aliphatic heterocycles. The van der Waals surface area contributed by atoms with Gasteiger partial charge >= 0.3 is 0 Å². The van der Waals surface area contributed by atoms with Crippen LogP contribution < -0.4 is 0 Å². The van der Waals surface area contributed by atoms with Crippen LogP contribution in [-0.2, 0) is 6.42 Å². The molecule has 0 bridgehead atoms. The van der Waals surface area contributed by atoms with E-state index in [4.69, 9.17) is 5.41 Å². The summed E-state index contributed by atoms with van der Waals surface area (Å²) < 4.78 is 0. The van der Waals surface area contributed by atoms with Crippen LogP contribution in [0.25, 0.3) is 77.0 Å². The minimum absolute atomic E-state index is 0.924. The molecular formula is C38H23N. The number of hydrogen-bond acceptors (Lipinski definition) is 1. The van der Waals surface area contributed by atoms with Gasteiger partial charge in [-0.05, 0) is 118 Å². The van der Waals surface area contributed by atoms with E-state index < -0.39 is 0 Å². The first-order valence-corrected chi connectivity index (χ1v) is 13.6. The topological polar surface area (TPSA) is 23.9 Å². The van der Waals surface area contributed by atoms with Crippen LogP contribution in [0.4, 0.5) is 0 Å². The number of allylic oxidation sites excluding steroid dienone is 1. The zero-order valence-electron chi connectivity index (χ0n) is 21.3. The molecule has 0 atom stereocenters. The highest BCUT2D eigenvalue weighted by Gasteiger charge is 2.23. The maximum atomic E-state index is 8.22. The largest absolute Gasteiger partial charge is 0.308 e. The van der Waals surface area contributed by atoms with E-state index in [2.05, 4.69) is 115 Å². The van der Waals surface area contributed by atoms with Crippen molar-refractivity contribution in [3.8, 4) is 22.3 Å². The van der Waals surface area contributed by atoms with Crippen molar-refractivity contribution in [2.24, 2.45) is 0 Å². The first-order chi connectivity index (χ1) is 19.3. The summed E-state index contributed by atoms with van der Waals surface area (Å²) in [5.41, 5.74) is 11.4. The lowest BCUT2D eigenvalue weighted by molar-refractivity contribution is 1.38. The van der Waals surface area contributed by atoms with Crippen molar-refractivity contribution in [1.29, 1.82) is 5.41 Å². The molecule has 9 rings (SSSR count). The van der Waals surface area contributed by atoms with Crippen LogP contribution in [0.1, 0.15) is 22.3 Å². The Kier molecular flexibility index (Phi) is 4.05. The molecule has 0 radical (unpaired) electrons. The van der Waals surface area contributed by atoms with Crippen LogP contribution >= 0.6 is 0 Å². The van der Waals surface area contributed by atoms with E-state index in [-0.39, 0.29) is 0 Å². The molecule has 7 aromatic carbocycles. The fourth-order valence-corrected chi connectivity index (χ4v) is 7.19. The molecular weight excluding hydrogens is 470 g/mol. The number of hydrogen-bond donors (Lipinski definition) is 1. The Balaban J connectivity index is 1.31. The van der Waals surface area contributed by atoms with Gasteiger partial charge in [-0.25, -0.2) is 0 Å². The molecule has 1 N–H and O–H groups in total. The van der Waals surface area contributed by atoms with Crippen LogP contribution in [-0.4, -0.2) is 6.21 Å². The zero-order valence-corrected chi connectivity index (χ0v) is 21.3. The van der Waals surface area contributed by atoms with Gasteiger partial charge in [0.05, 0.1) is 0 Å². The molecule has 0 heterocycles. The normalized spacial score (nSPS) is 14.2. The van der Waals surface area contributed by atoms with Crippen molar-refractivity contribution >= 4 is 61.0 Å². The first-order valence-electron chi connectivity index (χ1n) is 13.6. The van der Waals surface area contributed by atoms with Gasteiger partial charge in [-0.2, -0.15) is 0 Å². The van der Waals surface area contributed by atoms with Gasteiger partial charge in [0.2, 0.25) is 0 Å². The van der Waals surface area contributed by atoms with Gasteiger partial charge in [0.15, 0.2) is 0 Å². The molecule has 0 spiro atoms. The highest BCUT2D eigenvalue weighted by molar-refractivity contribution is 6.21. The molecule has 1 nitrogen and oxygen atoms in total. The molecule has 2 aliphatic rings. The summed E-state index contributed by atoms with van der Waals surface area (Å²) in [6, 6.07) is 40.1. The molecule has 0 aromatic heterocycles. The van der Waals surface area contributed by atoms with Crippen LogP contribution in [0.2, 0.25) is 0 Å². The Bertz CT molecular complexity index is 2250. The standard InChI is InChI=1S/C38H23N/c39-21-26-14-16-30-29(33(26)19-27-17-25-9-1-5-22-6-2-10-28(27)37(22)25)15-13-24-18-35-31-11-3-7-23-8-4-12-32(38(23)31)36(35)20-34(24)30/h1-16,18-21,39H,17H2/b27-19+,39-21?. The van der Waals surface area contributed by atoms with Crippen LogP contribution in [0, 0.1) is 5.41 Å². The van der Waals surface area contributed by atoms with Crippen LogP contribution in [0.15, 0.2) is 109 Å². The minimum atomic E-state index is 0.924. The second-order valence-corrected chi connectivity index (χ2v) is 10.9. The lowest BCUT2D eigenvalue weighted by Gasteiger charge is -2.13. The summed E-state index contributed by atoms with van der Waals surface area (Å²) in [5.74, 6) is 0. The summed E-state index contributed by atoms with van der Waals surface area (Å²) in [7, 11) is 0. The quantitative estimate of drug-likeness (QED) is 0.183.